The number of hydrogen-bond donors (Lipinski definition) is 2. The number of ether oxygens (including phenoxy) is 2. The fraction of sp³-hybridized carbons (Fsp3) is 0.0556. The molecule has 0 saturated carbocycles. The van der Waals surface area contributed by atoms with Gasteiger partial charge in [0.1, 0.15) is 5.52 Å². The lowest BCUT2D eigenvalue weighted by atomic mass is 10.1. The van der Waals surface area contributed by atoms with E-state index in [0.717, 1.165) is 27.5 Å². The lowest BCUT2D eigenvalue weighted by molar-refractivity contribution is 0.174. The second-order valence-corrected chi connectivity index (χ2v) is 5.54. The van der Waals surface area contributed by atoms with Gasteiger partial charge in [0.05, 0.1) is 5.52 Å². The first-order valence-electron chi connectivity index (χ1n) is 7.33. The van der Waals surface area contributed by atoms with Crippen molar-refractivity contribution >= 4 is 21.8 Å². The molecule has 0 saturated heterocycles. The minimum Gasteiger partial charge on any atom is -0.454 e. The molecular weight excluding hydrogens is 292 g/mol. The van der Waals surface area contributed by atoms with E-state index >= 15 is 0 Å². The molecule has 4 aromatic rings. The summed E-state index contributed by atoms with van der Waals surface area (Å²) >= 11 is 0. The van der Waals surface area contributed by atoms with Crippen molar-refractivity contribution in [2.24, 2.45) is 0 Å². The molecule has 5 nitrogen and oxygen atoms in total. The van der Waals surface area contributed by atoms with E-state index in [1.807, 2.05) is 48.5 Å². The predicted octanol–water partition coefficient (Wildman–Crippen LogP) is 3.41. The fourth-order valence-electron chi connectivity index (χ4n) is 3.07. The van der Waals surface area contributed by atoms with Crippen LogP contribution in [0.4, 0.5) is 0 Å². The second kappa shape index (κ2) is 4.39. The van der Waals surface area contributed by atoms with E-state index in [4.69, 9.17) is 9.47 Å². The van der Waals surface area contributed by atoms with Crippen LogP contribution in [0.3, 0.4) is 0 Å². The van der Waals surface area contributed by atoms with Crippen LogP contribution in [-0.2, 0) is 0 Å². The van der Waals surface area contributed by atoms with Crippen LogP contribution in [0.1, 0.15) is 0 Å². The Morgan fingerprint density at radius 2 is 1.65 bits per heavy atom. The third-order valence-electron chi connectivity index (χ3n) is 4.18. The number of nitrogens with one attached hydrogen (secondary N) is 2. The second-order valence-electron chi connectivity index (χ2n) is 5.54. The Labute approximate surface area is 130 Å². The molecule has 0 bridgehead atoms. The molecule has 2 N–H and O–H groups in total. The summed E-state index contributed by atoms with van der Waals surface area (Å²) in [6.07, 6.45) is 0. The highest BCUT2D eigenvalue weighted by Gasteiger charge is 2.18. The zero-order chi connectivity index (χ0) is 15.4. The van der Waals surface area contributed by atoms with Crippen molar-refractivity contribution < 1.29 is 9.47 Å². The Balaban J connectivity index is 1.85. The van der Waals surface area contributed by atoms with Crippen molar-refractivity contribution in [1.82, 2.24) is 9.97 Å². The number of aromatic amines is 2. The van der Waals surface area contributed by atoms with Gasteiger partial charge in [-0.05, 0) is 17.7 Å². The Kier molecular flexibility index (Phi) is 2.36. The van der Waals surface area contributed by atoms with Gasteiger partial charge >= 0.3 is 0 Å². The normalized spacial score (nSPS) is 13.0. The maximum atomic E-state index is 12.4. The summed E-state index contributed by atoms with van der Waals surface area (Å²) in [6.45, 7) is 0.232. The maximum Gasteiger partial charge on any atom is 0.272 e. The first kappa shape index (κ1) is 12.3. The largest absolute Gasteiger partial charge is 0.454 e. The summed E-state index contributed by atoms with van der Waals surface area (Å²) < 4.78 is 10.8. The predicted molar refractivity (Wildman–Crippen MR) is 88.0 cm³/mol. The zero-order valence-corrected chi connectivity index (χ0v) is 12.1. The lowest BCUT2D eigenvalue weighted by Gasteiger charge is -2.02. The first-order chi connectivity index (χ1) is 11.3. The number of fused-ring (bicyclic) bond motifs is 4. The molecule has 2 aromatic carbocycles. The third-order valence-corrected chi connectivity index (χ3v) is 4.18. The number of rotatable bonds is 1. The zero-order valence-electron chi connectivity index (χ0n) is 12.1. The molecule has 23 heavy (non-hydrogen) atoms. The van der Waals surface area contributed by atoms with Crippen LogP contribution in [0.2, 0.25) is 0 Å². The number of pyridine rings is 1. The molecule has 0 radical (unpaired) electrons. The van der Waals surface area contributed by atoms with Crippen LogP contribution in [0.25, 0.3) is 33.1 Å². The molecule has 0 amide bonds. The molecule has 3 heterocycles. The van der Waals surface area contributed by atoms with Crippen molar-refractivity contribution in [2.45, 2.75) is 0 Å². The van der Waals surface area contributed by atoms with Gasteiger partial charge < -0.3 is 19.4 Å². The summed E-state index contributed by atoms with van der Waals surface area (Å²) in [6, 6.07) is 15.6. The number of H-pyrrole nitrogens is 2. The molecule has 0 atom stereocenters. The van der Waals surface area contributed by atoms with E-state index in [9.17, 15) is 4.79 Å². The molecule has 0 aliphatic carbocycles. The molecule has 112 valence electrons. The van der Waals surface area contributed by atoms with Gasteiger partial charge in [-0.15, -0.1) is 0 Å². The molecule has 0 spiro atoms. The minimum atomic E-state index is -0.139. The van der Waals surface area contributed by atoms with E-state index in [1.165, 1.54) is 0 Å². The molecule has 2 aromatic heterocycles. The smallest absolute Gasteiger partial charge is 0.272 e. The van der Waals surface area contributed by atoms with E-state index in [2.05, 4.69) is 9.97 Å². The standard InChI is InChI=1S/C18H12N2O3/c21-18-17-12(6-13(20-18)10-4-2-1-3-5-10)11-7-15-16(23-9-22-15)8-14(11)19-17/h1-8,19H,9H2,(H,20,21). The van der Waals surface area contributed by atoms with Crippen LogP contribution in [0.5, 0.6) is 11.5 Å². The SMILES string of the molecule is O=c1[nH]c(-c2ccccc2)cc2c1[nH]c1cc3c(cc12)OCO3. The molecule has 1 aliphatic heterocycles. The Morgan fingerprint density at radius 1 is 0.870 bits per heavy atom. The van der Waals surface area contributed by atoms with Crippen LogP contribution in [-0.4, -0.2) is 16.8 Å². The Morgan fingerprint density at radius 3 is 2.48 bits per heavy atom. The van der Waals surface area contributed by atoms with Crippen molar-refractivity contribution in [1.29, 1.82) is 0 Å². The van der Waals surface area contributed by atoms with Crippen LogP contribution < -0.4 is 15.0 Å². The summed E-state index contributed by atoms with van der Waals surface area (Å²) in [5.41, 5.74) is 3.05. The van der Waals surface area contributed by atoms with Gasteiger partial charge in [-0.3, -0.25) is 4.79 Å². The van der Waals surface area contributed by atoms with Crippen molar-refractivity contribution in [3.8, 4) is 22.8 Å². The van der Waals surface area contributed by atoms with Crippen LogP contribution >= 0.6 is 0 Å². The third kappa shape index (κ3) is 1.76. The minimum absolute atomic E-state index is 0.139. The van der Waals surface area contributed by atoms with Gasteiger partial charge in [0.2, 0.25) is 6.79 Å². The topological polar surface area (TPSA) is 67.1 Å². The van der Waals surface area contributed by atoms with E-state index in [-0.39, 0.29) is 12.4 Å². The highest BCUT2D eigenvalue weighted by atomic mass is 16.7. The lowest BCUT2D eigenvalue weighted by Crippen LogP contribution is -2.06. The quantitative estimate of drug-likeness (QED) is 0.566. The Hall–Kier alpha value is -3.21. The number of aromatic nitrogens is 2. The summed E-state index contributed by atoms with van der Waals surface area (Å²) in [5, 5.41) is 1.83. The highest BCUT2D eigenvalue weighted by Crippen LogP contribution is 2.38. The maximum absolute atomic E-state index is 12.4. The molecule has 5 heteroatoms. The van der Waals surface area contributed by atoms with Crippen LogP contribution in [0.15, 0.2) is 53.3 Å². The molecular formula is C18H12N2O3. The van der Waals surface area contributed by atoms with Crippen LogP contribution in [0, 0.1) is 0 Å². The number of benzene rings is 2. The highest BCUT2D eigenvalue weighted by molar-refractivity contribution is 6.09. The van der Waals surface area contributed by atoms with Crippen molar-refractivity contribution in [2.75, 3.05) is 6.79 Å². The van der Waals surface area contributed by atoms with Gasteiger partial charge in [0.15, 0.2) is 11.5 Å². The van der Waals surface area contributed by atoms with Gasteiger partial charge in [0.25, 0.3) is 5.56 Å². The number of hydrogen-bond acceptors (Lipinski definition) is 3. The van der Waals surface area contributed by atoms with Crippen molar-refractivity contribution in [3.63, 3.8) is 0 Å². The summed E-state index contributed by atoms with van der Waals surface area (Å²) in [4.78, 5) is 18.6. The average Bonchev–Trinajstić information content (AvgIpc) is 3.17. The summed E-state index contributed by atoms with van der Waals surface area (Å²) in [7, 11) is 0. The Bertz CT molecular complexity index is 1110. The van der Waals surface area contributed by atoms with Gasteiger partial charge in [0, 0.05) is 22.5 Å². The van der Waals surface area contributed by atoms with E-state index in [1.54, 1.807) is 0 Å². The summed E-state index contributed by atoms with van der Waals surface area (Å²) in [5.74, 6) is 1.41. The first-order valence-corrected chi connectivity index (χ1v) is 7.33. The van der Waals surface area contributed by atoms with Gasteiger partial charge in [-0.25, -0.2) is 0 Å². The van der Waals surface area contributed by atoms with Crippen molar-refractivity contribution in [3.05, 3.63) is 58.9 Å². The van der Waals surface area contributed by atoms with E-state index in [0.29, 0.717) is 17.0 Å². The molecule has 1 aliphatic rings. The van der Waals surface area contributed by atoms with Gasteiger partial charge in [-0.1, -0.05) is 30.3 Å². The molecule has 0 fully saturated rings. The van der Waals surface area contributed by atoms with E-state index < -0.39 is 0 Å². The molecule has 0 unspecified atom stereocenters. The monoisotopic (exact) mass is 304 g/mol. The van der Waals surface area contributed by atoms with Gasteiger partial charge in [-0.2, -0.15) is 0 Å². The average molecular weight is 304 g/mol. The molecule has 5 rings (SSSR count). The fourth-order valence-corrected chi connectivity index (χ4v) is 3.07.